The molecule has 1 N–H and O–H groups in total. The Labute approximate surface area is 127 Å². The first-order valence-corrected chi connectivity index (χ1v) is 8.86. The minimum atomic E-state index is 0.439. The molecule has 0 saturated heterocycles. The van der Waals surface area contributed by atoms with Crippen LogP contribution >= 0.6 is 27.7 Å². The number of hydrogen-bond acceptors (Lipinski definition) is 3. The van der Waals surface area contributed by atoms with E-state index in [1.165, 1.54) is 33.3 Å². The fraction of sp³-hybridized carbons (Fsp3) is 0.600. The van der Waals surface area contributed by atoms with Gasteiger partial charge in [-0.1, -0.05) is 29.8 Å². The lowest BCUT2D eigenvalue weighted by atomic mass is 9.94. The zero-order valence-corrected chi connectivity index (χ0v) is 13.9. The first kappa shape index (κ1) is 13.8. The number of rotatable bonds is 2. The molecule has 0 spiro atoms. The average Bonchev–Trinajstić information content (AvgIpc) is 2.76. The van der Waals surface area contributed by atoms with Gasteiger partial charge in [0.05, 0.1) is 6.61 Å². The lowest BCUT2D eigenvalue weighted by Gasteiger charge is -2.22. The zero-order valence-electron chi connectivity index (χ0n) is 11.5. The Balaban J connectivity index is 2.11. The molecule has 2 heterocycles. The second kappa shape index (κ2) is 5.66. The highest BCUT2D eigenvalue weighted by atomic mass is 79.9. The SMILES string of the molecule is CCNC1CC(C)SCc2c3c(cc(Br)c21)CCO3. The summed E-state index contributed by atoms with van der Waals surface area (Å²) in [6.07, 6.45) is 2.23. The highest BCUT2D eigenvalue weighted by Crippen LogP contribution is 2.45. The first-order valence-electron chi connectivity index (χ1n) is 7.02. The number of benzene rings is 1. The van der Waals surface area contributed by atoms with Crippen molar-refractivity contribution in [3.63, 3.8) is 0 Å². The molecule has 0 aliphatic carbocycles. The maximum Gasteiger partial charge on any atom is 0.127 e. The van der Waals surface area contributed by atoms with Gasteiger partial charge in [0.1, 0.15) is 5.75 Å². The highest BCUT2D eigenvalue weighted by molar-refractivity contribution is 9.10. The summed E-state index contributed by atoms with van der Waals surface area (Å²) in [7, 11) is 0. The molecule has 3 rings (SSSR count). The van der Waals surface area contributed by atoms with Gasteiger partial charge in [-0.05, 0) is 30.2 Å². The Morgan fingerprint density at radius 3 is 3.16 bits per heavy atom. The fourth-order valence-electron chi connectivity index (χ4n) is 3.08. The summed E-state index contributed by atoms with van der Waals surface area (Å²) in [6.45, 7) is 6.35. The van der Waals surface area contributed by atoms with E-state index in [4.69, 9.17) is 4.74 Å². The van der Waals surface area contributed by atoms with Crippen molar-refractivity contribution in [3.8, 4) is 5.75 Å². The van der Waals surface area contributed by atoms with E-state index in [0.717, 1.165) is 25.3 Å². The van der Waals surface area contributed by atoms with E-state index in [9.17, 15) is 0 Å². The standard InChI is InChI=1S/C15H20BrNOS/c1-3-17-13-6-9(2)19-8-11-14(13)12(16)7-10-4-5-18-15(10)11/h7,9,13,17H,3-6,8H2,1-2H3. The third kappa shape index (κ3) is 2.55. The molecule has 1 aromatic rings. The van der Waals surface area contributed by atoms with Gasteiger partial charge in [-0.25, -0.2) is 0 Å². The number of thioether (sulfide) groups is 1. The molecule has 19 heavy (non-hydrogen) atoms. The molecule has 2 aliphatic rings. The molecular formula is C15H20BrNOS. The second-order valence-electron chi connectivity index (χ2n) is 5.30. The Kier molecular flexibility index (Phi) is 4.11. The van der Waals surface area contributed by atoms with Gasteiger partial charge in [-0.3, -0.25) is 0 Å². The molecule has 0 bridgehead atoms. The maximum atomic E-state index is 5.91. The van der Waals surface area contributed by atoms with Crippen molar-refractivity contribution >= 4 is 27.7 Å². The van der Waals surface area contributed by atoms with Crippen LogP contribution in [0.1, 0.15) is 43.0 Å². The number of ether oxygens (including phenoxy) is 1. The zero-order chi connectivity index (χ0) is 13.4. The van der Waals surface area contributed by atoms with Crippen LogP contribution in [0.4, 0.5) is 0 Å². The summed E-state index contributed by atoms with van der Waals surface area (Å²) < 4.78 is 7.16. The van der Waals surface area contributed by atoms with Crippen LogP contribution in [0.25, 0.3) is 0 Å². The van der Waals surface area contributed by atoms with Crippen molar-refractivity contribution in [2.24, 2.45) is 0 Å². The number of fused-ring (bicyclic) bond motifs is 3. The number of nitrogens with one attached hydrogen (secondary N) is 1. The van der Waals surface area contributed by atoms with Crippen molar-refractivity contribution in [1.29, 1.82) is 0 Å². The van der Waals surface area contributed by atoms with E-state index in [-0.39, 0.29) is 0 Å². The monoisotopic (exact) mass is 341 g/mol. The molecule has 0 radical (unpaired) electrons. The Morgan fingerprint density at radius 2 is 2.37 bits per heavy atom. The topological polar surface area (TPSA) is 21.3 Å². The molecular weight excluding hydrogens is 322 g/mol. The predicted octanol–water partition coefficient (Wildman–Crippen LogP) is 4.06. The Hall–Kier alpha value is -0.190. The Morgan fingerprint density at radius 1 is 1.53 bits per heavy atom. The van der Waals surface area contributed by atoms with Gasteiger partial charge in [0.2, 0.25) is 0 Å². The van der Waals surface area contributed by atoms with Crippen LogP contribution < -0.4 is 10.1 Å². The predicted molar refractivity (Wildman–Crippen MR) is 85.1 cm³/mol. The normalized spacial score (nSPS) is 25.4. The molecule has 2 nitrogen and oxygen atoms in total. The lowest BCUT2D eigenvalue weighted by molar-refractivity contribution is 0.353. The third-order valence-electron chi connectivity index (χ3n) is 3.95. The molecule has 104 valence electrons. The van der Waals surface area contributed by atoms with Gasteiger partial charge >= 0.3 is 0 Å². The summed E-state index contributed by atoms with van der Waals surface area (Å²) in [5, 5.41) is 4.33. The molecule has 4 heteroatoms. The first-order chi connectivity index (χ1) is 9.20. The van der Waals surface area contributed by atoms with Gasteiger partial charge < -0.3 is 10.1 Å². The van der Waals surface area contributed by atoms with Crippen molar-refractivity contribution in [2.45, 2.75) is 43.7 Å². The molecule has 2 aliphatic heterocycles. The summed E-state index contributed by atoms with van der Waals surface area (Å²) in [5.74, 6) is 2.24. The van der Waals surface area contributed by atoms with Gasteiger partial charge in [0, 0.05) is 33.5 Å². The third-order valence-corrected chi connectivity index (χ3v) is 5.82. The van der Waals surface area contributed by atoms with E-state index in [2.05, 4.69) is 41.2 Å². The lowest BCUT2D eigenvalue weighted by Crippen LogP contribution is -2.23. The van der Waals surface area contributed by atoms with E-state index in [1.807, 2.05) is 11.8 Å². The van der Waals surface area contributed by atoms with Gasteiger partial charge in [0.25, 0.3) is 0 Å². The van der Waals surface area contributed by atoms with Crippen LogP contribution in [0.15, 0.2) is 10.5 Å². The minimum Gasteiger partial charge on any atom is -0.493 e. The van der Waals surface area contributed by atoms with E-state index in [0.29, 0.717) is 11.3 Å². The maximum absolute atomic E-state index is 5.91. The molecule has 0 amide bonds. The van der Waals surface area contributed by atoms with Crippen molar-refractivity contribution in [2.75, 3.05) is 13.2 Å². The molecule has 0 aromatic heterocycles. The number of hydrogen-bond donors (Lipinski definition) is 1. The smallest absolute Gasteiger partial charge is 0.127 e. The summed E-state index contributed by atoms with van der Waals surface area (Å²) in [4.78, 5) is 0. The molecule has 1 aromatic carbocycles. The summed E-state index contributed by atoms with van der Waals surface area (Å²) in [6, 6.07) is 2.71. The largest absolute Gasteiger partial charge is 0.493 e. The molecule has 0 saturated carbocycles. The molecule has 2 unspecified atom stereocenters. The molecule has 2 atom stereocenters. The van der Waals surface area contributed by atoms with Gasteiger partial charge in [-0.2, -0.15) is 11.8 Å². The van der Waals surface area contributed by atoms with Crippen LogP contribution in [0, 0.1) is 0 Å². The molecule has 0 fully saturated rings. The van der Waals surface area contributed by atoms with Crippen LogP contribution in [0.3, 0.4) is 0 Å². The number of halogens is 1. The van der Waals surface area contributed by atoms with Gasteiger partial charge in [0.15, 0.2) is 0 Å². The van der Waals surface area contributed by atoms with Crippen LogP contribution in [-0.2, 0) is 12.2 Å². The minimum absolute atomic E-state index is 0.439. The van der Waals surface area contributed by atoms with Crippen LogP contribution in [0.2, 0.25) is 0 Å². The van der Waals surface area contributed by atoms with Crippen LogP contribution in [-0.4, -0.2) is 18.4 Å². The highest BCUT2D eigenvalue weighted by Gasteiger charge is 2.29. The quantitative estimate of drug-likeness (QED) is 0.876. The van der Waals surface area contributed by atoms with Crippen LogP contribution in [0.5, 0.6) is 5.75 Å². The van der Waals surface area contributed by atoms with Crippen molar-refractivity contribution in [1.82, 2.24) is 5.32 Å². The summed E-state index contributed by atoms with van der Waals surface area (Å²) >= 11 is 5.84. The van der Waals surface area contributed by atoms with Crippen molar-refractivity contribution in [3.05, 3.63) is 27.2 Å². The summed E-state index contributed by atoms with van der Waals surface area (Å²) in [5.41, 5.74) is 4.22. The van der Waals surface area contributed by atoms with E-state index < -0.39 is 0 Å². The van der Waals surface area contributed by atoms with E-state index >= 15 is 0 Å². The van der Waals surface area contributed by atoms with Gasteiger partial charge in [-0.15, -0.1) is 0 Å². The van der Waals surface area contributed by atoms with E-state index in [1.54, 1.807) is 0 Å². The van der Waals surface area contributed by atoms with Crippen molar-refractivity contribution < 1.29 is 4.74 Å². The average molecular weight is 342 g/mol. The second-order valence-corrected chi connectivity index (χ2v) is 7.59. The fourth-order valence-corrected chi connectivity index (χ4v) is 4.94. The Bertz CT molecular complexity index is 492.